The predicted octanol–water partition coefficient (Wildman–Crippen LogP) is 0.479. The smallest absolute Gasteiger partial charge is 0.244 e. The van der Waals surface area contributed by atoms with Crippen LogP contribution in [0.25, 0.3) is 0 Å². The topological polar surface area (TPSA) is 101 Å². The molecule has 8 heteroatoms. The highest BCUT2D eigenvalue weighted by Crippen LogP contribution is 2.27. The van der Waals surface area contributed by atoms with Gasteiger partial charge in [-0.2, -0.15) is 0 Å². The summed E-state index contributed by atoms with van der Waals surface area (Å²) in [4.78, 5) is 10.9. The molecule has 0 saturated carbocycles. The molecule has 104 valence electrons. The van der Waals surface area contributed by atoms with E-state index in [0.29, 0.717) is 12.8 Å². The number of hydrogen-bond donors (Lipinski definition) is 3. The fraction of sp³-hybridized carbons (Fsp3) is 0.364. The Kier molecular flexibility index (Phi) is 3.98. The zero-order valence-electron chi connectivity index (χ0n) is 10.0. The molecule has 6 nitrogen and oxygen atoms in total. The first-order valence-electron chi connectivity index (χ1n) is 5.73. The highest BCUT2D eigenvalue weighted by Gasteiger charge is 2.27. The Balaban J connectivity index is 2.21. The van der Waals surface area contributed by atoms with Gasteiger partial charge in [0.15, 0.2) is 0 Å². The number of nitrogens with one attached hydrogen (secondary N) is 2. The number of sulfonamides is 1. The first-order valence-corrected chi connectivity index (χ1v) is 7.59. The van der Waals surface area contributed by atoms with Gasteiger partial charge in [0.1, 0.15) is 4.90 Å². The van der Waals surface area contributed by atoms with Gasteiger partial charge in [-0.3, -0.25) is 4.79 Å². The van der Waals surface area contributed by atoms with Gasteiger partial charge in [0.05, 0.1) is 10.7 Å². The largest absolute Gasteiger partial charge is 0.398 e. The summed E-state index contributed by atoms with van der Waals surface area (Å²) in [6.45, 7) is 0.266. The maximum Gasteiger partial charge on any atom is 0.244 e. The monoisotopic (exact) mass is 303 g/mol. The van der Waals surface area contributed by atoms with E-state index in [4.69, 9.17) is 17.3 Å². The summed E-state index contributed by atoms with van der Waals surface area (Å²) >= 11 is 5.89. The molecule has 1 aromatic carbocycles. The van der Waals surface area contributed by atoms with Gasteiger partial charge in [-0.05, 0) is 18.6 Å². The van der Waals surface area contributed by atoms with Crippen LogP contribution in [0.1, 0.15) is 12.8 Å². The van der Waals surface area contributed by atoms with Crippen LogP contribution in [0.15, 0.2) is 23.1 Å². The number of halogens is 1. The van der Waals surface area contributed by atoms with Crippen LogP contribution >= 0.6 is 11.6 Å². The summed E-state index contributed by atoms with van der Waals surface area (Å²) in [5.74, 6) is -0.0762. The molecule has 1 aromatic rings. The van der Waals surface area contributed by atoms with E-state index in [0.717, 1.165) is 0 Å². The summed E-state index contributed by atoms with van der Waals surface area (Å²) in [6, 6.07) is 4.17. The number of nitrogen functional groups attached to an aromatic ring is 1. The number of carbonyl (C=O) groups is 1. The average Bonchev–Trinajstić information content (AvgIpc) is 2.31. The number of rotatable bonds is 3. The van der Waals surface area contributed by atoms with Crippen molar-refractivity contribution in [2.45, 2.75) is 23.8 Å². The molecule has 2 rings (SSSR count). The van der Waals surface area contributed by atoms with Crippen LogP contribution in [0.4, 0.5) is 5.69 Å². The minimum atomic E-state index is -3.80. The number of piperidine rings is 1. The van der Waals surface area contributed by atoms with E-state index in [1.54, 1.807) is 6.07 Å². The van der Waals surface area contributed by atoms with Gasteiger partial charge in [-0.1, -0.05) is 17.7 Å². The molecule has 4 N–H and O–H groups in total. The van der Waals surface area contributed by atoms with Crippen LogP contribution in [0.3, 0.4) is 0 Å². The van der Waals surface area contributed by atoms with Crippen LogP contribution in [0, 0.1) is 0 Å². The minimum Gasteiger partial charge on any atom is -0.398 e. The normalized spacial score (nSPS) is 20.1. The summed E-state index contributed by atoms with van der Waals surface area (Å²) in [6.07, 6.45) is 0.751. The van der Waals surface area contributed by atoms with E-state index < -0.39 is 10.0 Å². The van der Waals surface area contributed by atoms with E-state index in [1.165, 1.54) is 12.1 Å². The van der Waals surface area contributed by atoms with E-state index in [2.05, 4.69) is 10.0 Å². The Hall–Kier alpha value is -1.31. The summed E-state index contributed by atoms with van der Waals surface area (Å²) in [7, 11) is -3.80. The zero-order valence-corrected chi connectivity index (χ0v) is 11.6. The van der Waals surface area contributed by atoms with Crippen molar-refractivity contribution in [3.05, 3.63) is 23.2 Å². The van der Waals surface area contributed by atoms with Crippen molar-refractivity contribution in [3.63, 3.8) is 0 Å². The van der Waals surface area contributed by atoms with Crippen molar-refractivity contribution >= 4 is 33.2 Å². The van der Waals surface area contributed by atoms with Crippen molar-refractivity contribution in [1.29, 1.82) is 0 Å². The van der Waals surface area contributed by atoms with Crippen LogP contribution in [0.5, 0.6) is 0 Å². The van der Waals surface area contributed by atoms with Gasteiger partial charge in [-0.25, -0.2) is 13.1 Å². The van der Waals surface area contributed by atoms with E-state index >= 15 is 0 Å². The third-order valence-corrected chi connectivity index (χ3v) is 4.92. The number of hydrogen-bond acceptors (Lipinski definition) is 4. The Morgan fingerprint density at radius 3 is 2.74 bits per heavy atom. The number of benzene rings is 1. The summed E-state index contributed by atoms with van der Waals surface area (Å²) in [5.41, 5.74) is 5.76. The molecular formula is C11H14ClN3O3S. The fourth-order valence-corrected chi connectivity index (χ4v) is 3.87. The fourth-order valence-electron chi connectivity index (χ4n) is 1.92. The maximum absolute atomic E-state index is 12.2. The second kappa shape index (κ2) is 5.36. The molecule has 0 bridgehead atoms. The van der Waals surface area contributed by atoms with Gasteiger partial charge < -0.3 is 11.1 Å². The Labute approximate surface area is 116 Å². The Bertz CT molecular complexity index is 573. The van der Waals surface area contributed by atoms with E-state index in [-0.39, 0.29) is 34.1 Å². The molecule has 1 fully saturated rings. The standard InChI is InChI=1S/C11H14ClN3O3S/c12-8-2-1-3-9(13)11(8)19(17,18)15-7-4-5-10(16)14-6-7/h1-3,7,15H,4-6,13H2,(H,14,16). The number of anilines is 1. The number of amides is 1. The average molecular weight is 304 g/mol. The highest BCUT2D eigenvalue weighted by molar-refractivity contribution is 7.89. The molecule has 0 spiro atoms. The van der Waals surface area contributed by atoms with Crippen LogP contribution in [-0.4, -0.2) is 26.9 Å². The lowest BCUT2D eigenvalue weighted by molar-refractivity contribution is -0.122. The van der Waals surface area contributed by atoms with E-state index in [9.17, 15) is 13.2 Å². The third kappa shape index (κ3) is 3.17. The summed E-state index contributed by atoms with van der Waals surface area (Å²) < 4.78 is 27.0. The molecule has 1 amide bonds. The Morgan fingerprint density at radius 1 is 1.42 bits per heavy atom. The minimum absolute atomic E-state index is 0.0762. The van der Waals surface area contributed by atoms with Crippen molar-refractivity contribution in [1.82, 2.24) is 10.0 Å². The third-order valence-electron chi connectivity index (χ3n) is 2.85. The molecular weight excluding hydrogens is 290 g/mol. The molecule has 0 radical (unpaired) electrons. The van der Waals surface area contributed by atoms with Crippen LogP contribution in [-0.2, 0) is 14.8 Å². The van der Waals surface area contributed by atoms with Gasteiger partial charge >= 0.3 is 0 Å². The van der Waals surface area contributed by atoms with Crippen molar-refractivity contribution < 1.29 is 13.2 Å². The molecule has 1 saturated heterocycles. The van der Waals surface area contributed by atoms with Gasteiger partial charge in [0.25, 0.3) is 0 Å². The maximum atomic E-state index is 12.2. The predicted molar refractivity (Wildman–Crippen MR) is 72.2 cm³/mol. The van der Waals surface area contributed by atoms with Crippen molar-refractivity contribution in [2.24, 2.45) is 0 Å². The molecule has 19 heavy (non-hydrogen) atoms. The summed E-state index contributed by atoms with van der Waals surface area (Å²) in [5, 5.41) is 2.68. The van der Waals surface area contributed by atoms with Gasteiger partial charge in [0, 0.05) is 19.0 Å². The molecule has 1 atom stereocenters. The van der Waals surface area contributed by atoms with E-state index in [1.807, 2.05) is 0 Å². The SMILES string of the molecule is Nc1cccc(Cl)c1S(=O)(=O)NC1CCC(=O)NC1. The highest BCUT2D eigenvalue weighted by atomic mass is 35.5. The van der Waals surface area contributed by atoms with Gasteiger partial charge in [0.2, 0.25) is 15.9 Å². The molecule has 1 aliphatic rings. The first kappa shape index (κ1) is 14.1. The lowest BCUT2D eigenvalue weighted by Crippen LogP contribution is -2.47. The lowest BCUT2D eigenvalue weighted by atomic mass is 10.1. The second-order valence-corrected chi connectivity index (χ2v) is 6.38. The Morgan fingerprint density at radius 2 is 2.16 bits per heavy atom. The van der Waals surface area contributed by atoms with Crippen molar-refractivity contribution in [3.8, 4) is 0 Å². The zero-order chi connectivity index (χ0) is 14.0. The molecule has 1 heterocycles. The molecule has 1 aliphatic heterocycles. The first-order chi connectivity index (χ1) is 8.90. The van der Waals surface area contributed by atoms with Crippen LogP contribution in [0.2, 0.25) is 5.02 Å². The second-order valence-electron chi connectivity index (χ2n) is 4.32. The van der Waals surface area contributed by atoms with Crippen molar-refractivity contribution in [2.75, 3.05) is 12.3 Å². The van der Waals surface area contributed by atoms with Crippen LogP contribution < -0.4 is 15.8 Å². The molecule has 0 aromatic heterocycles. The molecule has 1 unspecified atom stereocenters. The van der Waals surface area contributed by atoms with Gasteiger partial charge in [-0.15, -0.1) is 0 Å². The number of nitrogens with two attached hydrogens (primary N) is 1. The lowest BCUT2D eigenvalue weighted by Gasteiger charge is -2.23. The quantitative estimate of drug-likeness (QED) is 0.707. The molecule has 0 aliphatic carbocycles. The number of carbonyl (C=O) groups excluding carboxylic acids is 1.